The second-order valence-electron chi connectivity index (χ2n) is 13.4. The van der Waals surface area contributed by atoms with Crippen molar-refractivity contribution in [3.63, 3.8) is 0 Å². The van der Waals surface area contributed by atoms with Crippen molar-refractivity contribution in [1.29, 1.82) is 0 Å². The Balaban J connectivity index is 0. The molecular formula is C19H48BrLiSi5. The summed E-state index contributed by atoms with van der Waals surface area (Å²) in [4.78, 5) is 0. The molecule has 0 bridgehead atoms. The van der Waals surface area contributed by atoms with E-state index >= 15 is 0 Å². The smallest absolute Gasteiger partial charge is 0.358 e. The maximum Gasteiger partial charge on any atom is 1.00 e. The van der Waals surface area contributed by atoms with E-state index in [2.05, 4.69) is 122 Å². The van der Waals surface area contributed by atoms with Crippen LogP contribution in [0.5, 0.6) is 0 Å². The quantitative estimate of drug-likeness (QED) is 0.343. The molecule has 0 saturated carbocycles. The summed E-state index contributed by atoms with van der Waals surface area (Å²) in [7, 11) is -5.74. The molecule has 0 aliphatic rings. The zero-order chi connectivity index (χ0) is 21.1. The van der Waals surface area contributed by atoms with Crippen LogP contribution in [-0.2, 0) is 0 Å². The van der Waals surface area contributed by atoms with Gasteiger partial charge >= 0.3 is 18.9 Å². The Morgan fingerprint density at radius 2 is 0.731 bits per heavy atom. The zero-order valence-corrected chi connectivity index (χ0v) is 28.0. The summed E-state index contributed by atoms with van der Waals surface area (Å²) in [6.45, 7) is 41.8. The molecule has 0 N–H and O–H groups in total. The minimum atomic E-state index is -1.60. The van der Waals surface area contributed by atoms with Gasteiger partial charge in [0.1, 0.15) is 0 Å². The first-order valence-electron chi connectivity index (χ1n) is 9.94. The van der Waals surface area contributed by atoms with Gasteiger partial charge in [-0.15, -0.1) is 0 Å². The van der Waals surface area contributed by atoms with Crippen LogP contribution in [0.15, 0.2) is 0 Å². The minimum absolute atomic E-state index is 0. The van der Waals surface area contributed by atoms with Crippen molar-refractivity contribution < 1.29 is 18.9 Å². The molecule has 0 aromatic heterocycles. The Morgan fingerprint density at radius 3 is 0.846 bits per heavy atom. The molecule has 0 unspecified atom stereocenters. The molecule has 0 heterocycles. The van der Waals surface area contributed by atoms with Crippen LogP contribution in [0.1, 0.15) is 41.5 Å². The second-order valence-corrected chi connectivity index (χ2v) is 47.9. The van der Waals surface area contributed by atoms with Gasteiger partial charge in [-0.1, -0.05) is 125 Å². The molecule has 0 aliphatic heterocycles. The molecule has 0 radical (unpaired) electrons. The van der Waals surface area contributed by atoms with Crippen LogP contribution < -0.4 is 18.9 Å². The van der Waals surface area contributed by atoms with Gasteiger partial charge in [0.2, 0.25) is 0 Å². The number of rotatable bonds is 5. The average molecular weight is 504 g/mol. The zero-order valence-electron chi connectivity index (χ0n) is 21.4. The van der Waals surface area contributed by atoms with E-state index in [1.54, 1.807) is 0 Å². The minimum Gasteiger partial charge on any atom is -0.358 e. The fourth-order valence-corrected chi connectivity index (χ4v) is 95.6. The number of hydrogen-bond acceptors (Lipinski definition) is 0. The van der Waals surface area contributed by atoms with E-state index in [4.69, 9.17) is 0 Å². The molecule has 0 nitrogen and oxygen atoms in total. The van der Waals surface area contributed by atoms with E-state index in [1.165, 1.54) is 0 Å². The van der Waals surface area contributed by atoms with Crippen molar-refractivity contribution in [2.45, 2.75) is 121 Å². The van der Waals surface area contributed by atoms with E-state index < -0.39 is 38.7 Å². The first-order chi connectivity index (χ1) is 10.4. The molecule has 0 amide bonds. The van der Waals surface area contributed by atoms with Crippen LogP contribution in [-0.4, -0.2) is 38.7 Å². The molecule has 26 heavy (non-hydrogen) atoms. The maximum atomic E-state index is 4.67. The normalized spacial score (nSPS) is 15.9. The molecule has 7 heteroatoms. The molecule has 0 rings (SSSR count). The molecular weight excluding hydrogens is 455 g/mol. The van der Waals surface area contributed by atoms with E-state index in [0.29, 0.717) is 14.0 Å². The molecule has 152 valence electrons. The van der Waals surface area contributed by atoms with Gasteiger partial charge in [-0.3, -0.25) is 0 Å². The molecule has 0 aromatic rings. The summed E-state index contributed by atoms with van der Waals surface area (Å²) in [5.74, 6) is 0. The third-order valence-corrected chi connectivity index (χ3v) is 66.7. The predicted molar refractivity (Wildman–Crippen MR) is 138 cm³/mol. The van der Waals surface area contributed by atoms with Gasteiger partial charge < -0.3 is 15.3 Å². The summed E-state index contributed by atoms with van der Waals surface area (Å²) in [5, 5.41) is 0.848. The van der Waals surface area contributed by atoms with Crippen molar-refractivity contribution in [3.8, 4) is 0 Å². The Labute approximate surface area is 192 Å². The van der Waals surface area contributed by atoms with Gasteiger partial charge in [0.25, 0.3) is 0 Å². The summed E-state index contributed by atoms with van der Waals surface area (Å²) >= 11 is 4.67. The van der Waals surface area contributed by atoms with Gasteiger partial charge in [0.15, 0.2) is 0 Å². The van der Waals surface area contributed by atoms with Gasteiger partial charge in [-0.05, 0) is 0 Å². The fourth-order valence-electron chi connectivity index (χ4n) is 6.52. The van der Waals surface area contributed by atoms with Crippen molar-refractivity contribution in [3.05, 3.63) is 0 Å². The Hall–Kier alpha value is 2.16. The van der Waals surface area contributed by atoms with Gasteiger partial charge in [0, 0.05) is 24.2 Å². The van der Waals surface area contributed by atoms with E-state index in [1.807, 2.05) is 0 Å². The Bertz CT molecular complexity index is 423. The monoisotopic (exact) mass is 502 g/mol. The Kier molecular flexibility index (Phi) is 9.76. The van der Waals surface area contributed by atoms with Gasteiger partial charge in [-0.25, -0.2) is 0 Å². The van der Waals surface area contributed by atoms with Gasteiger partial charge in [0.05, 0.1) is 0 Å². The first kappa shape index (κ1) is 30.4. The average Bonchev–Trinajstić information content (AvgIpc) is 2.18. The third kappa shape index (κ3) is 4.73. The van der Waals surface area contributed by atoms with Crippen LogP contribution in [0.4, 0.5) is 0 Å². The SMILES string of the molecule is CC(C)(C)[Si](C)([Si-](Br)C([Si](C)(C)C)([Si](C)(C)C)[Si](C)(C)C)C(C)(C)C.[Li+]. The summed E-state index contributed by atoms with van der Waals surface area (Å²) < 4.78 is 0.666. The largest absolute Gasteiger partial charge is 1.00 e. The van der Waals surface area contributed by atoms with Gasteiger partial charge in [-0.2, -0.15) is 10.8 Å². The number of halogens is 1. The summed E-state index contributed by atoms with van der Waals surface area (Å²) in [6.07, 6.45) is 0. The van der Waals surface area contributed by atoms with E-state index in [9.17, 15) is 0 Å². The van der Waals surface area contributed by atoms with Crippen LogP contribution in [0.2, 0.25) is 79.5 Å². The fraction of sp³-hybridized carbons (Fsp3) is 1.00. The third-order valence-electron chi connectivity index (χ3n) is 7.14. The van der Waals surface area contributed by atoms with Crippen LogP contribution >= 0.6 is 15.3 Å². The standard InChI is InChI=1S/C19H48BrSi5.Li/c1-17(2,3)25(16,18(4,5)6)21(20)19(22(7,8)9,23(10,11)12)24(13,14)15;/h1-16H3;/q-1;+1. The molecule has 0 saturated heterocycles. The van der Waals surface area contributed by atoms with Crippen molar-refractivity contribution in [2.75, 3.05) is 0 Å². The number of hydrogen-bond donors (Lipinski definition) is 0. The van der Waals surface area contributed by atoms with Crippen LogP contribution in [0.3, 0.4) is 0 Å². The van der Waals surface area contributed by atoms with Crippen LogP contribution in [0, 0.1) is 0 Å². The maximum absolute atomic E-state index is 4.67. The van der Waals surface area contributed by atoms with E-state index in [0.717, 1.165) is 0 Å². The second kappa shape index (κ2) is 8.36. The van der Waals surface area contributed by atoms with E-state index in [-0.39, 0.29) is 18.9 Å². The molecule has 0 fully saturated rings. The first-order valence-corrected chi connectivity index (χ1v) is 27.7. The molecule has 0 aromatic carbocycles. The van der Waals surface area contributed by atoms with Crippen LogP contribution in [0.25, 0.3) is 0 Å². The predicted octanol–water partition coefficient (Wildman–Crippen LogP) is 5.51. The van der Waals surface area contributed by atoms with Crippen molar-refractivity contribution >= 4 is 54.0 Å². The Morgan fingerprint density at radius 1 is 0.538 bits per heavy atom. The molecule has 0 atom stereocenters. The summed E-state index contributed by atoms with van der Waals surface area (Å²) in [6, 6.07) is 0. The summed E-state index contributed by atoms with van der Waals surface area (Å²) in [5.41, 5.74) is 0. The molecule has 0 spiro atoms. The molecule has 0 aliphatic carbocycles. The topological polar surface area (TPSA) is 0 Å². The van der Waals surface area contributed by atoms with Crippen molar-refractivity contribution in [2.24, 2.45) is 0 Å². The van der Waals surface area contributed by atoms with Crippen molar-refractivity contribution in [1.82, 2.24) is 0 Å².